The summed E-state index contributed by atoms with van der Waals surface area (Å²) in [6.07, 6.45) is 2.44. The summed E-state index contributed by atoms with van der Waals surface area (Å²) >= 11 is 0. The monoisotopic (exact) mass is 430 g/mol. The summed E-state index contributed by atoms with van der Waals surface area (Å²) in [6.45, 7) is 1.64. The third-order valence-electron chi connectivity index (χ3n) is 6.62. The fraction of sp³-hybridized carbons (Fsp3) is 0.292. The first kappa shape index (κ1) is 19.1. The molecule has 0 aliphatic carbocycles. The van der Waals surface area contributed by atoms with Gasteiger partial charge in [0.25, 0.3) is 5.91 Å². The average molecular weight is 430 g/mol. The number of aromatic hydroxyl groups is 1. The Balaban J connectivity index is 1.66. The van der Waals surface area contributed by atoms with Crippen molar-refractivity contribution >= 4 is 5.91 Å². The predicted octanol–water partition coefficient (Wildman–Crippen LogP) is 2.64. The summed E-state index contributed by atoms with van der Waals surface area (Å²) in [6, 6.07) is 16.0. The Kier molecular flexibility index (Phi) is 4.29. The fourth-order valence-electron chi connectivity index (χ4n) is 5.18. The zero-order chi connectivity index (χ0) is 21.8. The van der Waals surface area contributed by atoms with Gasteiger partial charge in [0.15, 0.2) is 11.4 Å². The molecule has 3 aromatic rings. The molecule has 1 amide bonds. The first-order chi connectivity index (χ1) is 15.6. The number of para-hydroxylation sites is 1. The minimum Gasteiger partial charge on any atom is -0.502 e. The lowest BCUT2D eigenvalue weighted by molar-refractivity contribution is -0.104. The second-order valence-electron chi connectivity index (χ2n) is 8.37. The van der Waals surface area contributed by atoms with Gasteiger partial charge in [-0.2, -0.15) is 10.1 Å². The summed E-state index contributed by atoms with van der Waals surface area (Å²) in [5.74, 6) is -0.394. The van der Waals surface area contributed by atoms with Crippen molar-refractivity contribution in [2.24, 2.45) is 0 Å². The number of carbonyl (C=O) groups is 1. The quantitative estimate of drug-likeness (QED) is 0.639. The van der Waals surface area contributed by atoms with E-state index < -0.39 is 23.3 Å². The maximum Gasteiger partial charge on any atom is 0.290 e. The van der Waals surface area contributed by atoms with Crippen LogP contribution in [0.25, 0.3) is 0 Å². The molecule has 1 aromatic heterocycles. The van der Waals surface area contributed by atoms with Gasteiger partial charge in [0.2, 0.25) is 5.43 Å². The average Bonchev–Trinajstić information content (AvgIpc) is 2.99. The van der Waals surface area contributed by atoms with Crippen molar-refractivity contribution in [1.29, 1.82) is 0 Å². The predicted molar refractivity (Wildman–Crippen MR) is 115 cm³/mol. The van der Waals surface area contributed by atoms with E-state index in [0.717, 1.165) is 41.5 Å². The molecule has 4 heterocycles. The van der Waals surface area contributed by atoms with Crippen molar-refractivity contribution in [2.75, 3.05) is 13.1 Å². The highest BCUT2D eigenvalue weighted by atomic mass is 16.5. The third kappa shape index (κ3) is 2.69. The van der Waals surface area contributed by atoms with Crippen LogP contribution in [0.3, 0.4) is 0 Å². The number of carbonyl (C=O) groups excluding carboxylic acids is 1. The molecular weight excluding hydrogens is 408 g/mol. The number of ether oxygens (including phenoxy) is 1. The van der Waals surface area contributed by atoms with Crippen molar-refractivity contribution in [3.05, 3.63) is 87.3 Å². The Labute approximate surface area is 184 Å². The van der Waals surface area contributed by atoms with Crippen molar-refractivity contribution < 1.29 is 14.6 Å². The summed E-state index contributed by atoms with van der Waals surface area (Å²) in [5.41, 5.74) is 2.40. The zero-order valence-corrected chi connectivity index (χ0v) is 17.3. The van der Waals surface area contributed by atoms with Crippen molar-refractivity contribution in [1.82, 2.24) is 19.8 Å². The summed E-state index contributed by atoms with van der Waals surface area (Å²) in [5, 5.41) is 18.7. The molecule has 8 heteroatoms. The largest absolute Gasteiger partial charge is 0.502 e. The van der Waals surface area contributed by atoms with Crippen LogP contribution in [-0.2, 0) is 6.61 Å². The molecule has 6 rings (SSSR count). The molecule has 0 saturated carbocycles. The molecule has 0 bridgehead atoms. The van der Waals surface area contributed by atoms with Gasteiger partial charge in [-0.3, -0.25) is 14.6 Å². The molecule has 3 aliphatic rings. The highest BCUT2D eigenvalue weighted by Crippen LogP contribution is 2.47. The van der Waals surface area contributed by atoms with Crippen LogP contribution in [0.1, 0.15) is 52.1 Å². The van der Waals surface area contributed by atoms with E-state index in [0.29, 0.717) is 19.7 Å². The van der Waals surface area contributed by atoms with E-state index >= 15 is 0 Å². The lowest BCUT2D eigenvalue weighted by atomic mass is 9.85. The van der Waals surface area contributed by atoms with E-state index in [2.05, 4.69) is 11.2 Å². The van der Waals surface area contributed by atoms with Crippen LogP contribution in [0, 0.1) is 0 Å². The van der Waals surface area contributed by atoms with E-state index in [1.807, 2.05) is 47.5 Å². The maximum atomic E-state index is 13.3. The second-order valence-corrected chi connectivity index (χ2v) is 8.37. The van der Waals surface area contributed by atoms with E-state index in [-0.39, 0.29) is 11.6 Å². The molecular formula is C24H22N4O4. The Morgan fingerprint density at radius 2 is 1.72 bits per heavy atom. The molecule has 162 valence electrons. The second kappa shape index (κ2) is 7.20. The standard InChI is InChI=1S/C24H22N4O4/c29-18-13-25-28-21(22(18)30)24(31)27-12-6-5-11-26(27)23(28)20-16-8-2-1-7-15(16)14-32-19-10-4-3-9-17(19)20/h1-4,7-10,13,20,23,30H,5-6,11-12,14H2/t20-,23-/m0/s1. The minimum atomic E-state index is -0.654. The number of aromatic nitrogens is 2. The third-order valence-corrected chi connectivity index (χ3v) is 6.62. The normalized spacial score (nSPS) is 22.1. The SMILES string of the molecule is O=C1c2c(O)c(=O)cnn2[C@@H]([C@H]2c3ccccc3COc3ccccc32)N2CCCCN12. The van der Waals surface area contributed by atoms with Gasteiger partial charge >= 0.3 is 0 Å². The van der Waals surface area contributed by atoms with Gasteiger partial charge < -0.3 is 9.84 Å². The Morgan fingerprint density at radius 3 is 2.59 bits per heavy atom. The molecule has 1 N–H and O–H groups in total. The summed E-state index contributed by atoms with van der Waals surface area (Å²) in [4.78, 5) is 25.5. The van der Waals surface area contributed by atoms with E-state index in [9.17, 15) is 14.7 Å². The number of nitrogens with zero attached hydrogens (tertiary/aromatic N) is 4. The Morgan fingerprint density at radius 1 is 0.969 bits per heavy atom. The van der Waals surface area contributed by atoms with Gasteiger partial charge in [0.05, 0.1) is 12.1 Å². The number of hydrogen-bond donors (Lipinski definition) is 1. The Hall–Kier alpha value is -3.65. The molecule has 2 atom stereocenters. The van der Waals surface area contributed by atoms with Crippen LogP contribution >= 0.6 is 0 Å². The molecule has 0 unspecified atom stereocenters. The topological polar surface area (TPSA) is 87.9 Å². The molecule has 0 radical (unpaired) electrons. The number of hydrazine groups is 1. The highest BCUT2D eigenvalue weighted by Gasteiger charge is 2.47. The van der Waals surface area contributed by atoms with Crippen LogP contribution in [0.15, 0.2) is 59.5 Å². The molecule has 3 aliphatic heterocycles. The lowest BCUT2D eigenvalue weighted by Crippen LogP contribution is -2.59. The zero-order valence-electron chi connectivity index (χ0n) is 17.3. The van der Waals surface area contributed by atoms with E-state index in [1.54, 1.807) is 5.01 Å². The lowest BCUT2D eigenvalue weighted by Gasteiger charge is -2.49. The number of hydrogen-bond acceptors (Lipinski definition) is 6. The Bertz CT molecular complexity index is 1240. The first-order valence-electron chi connectivity index (χ1n) is 10.8. The molecule has 8 nitrogen and oxygen atoms in total. The van der Waals surface area contributed by atoms with Gasteiger partial charge in [-0.05, 0) is 30.0 Å². The smallest absolute Gasteiger partial charge is 0.290 e. The van der Waals surface area contributed by atoms with E-state index in [1.165, 1.54) is 4.68 Å². The van der Waals surface area contributed by atoms with Crippen LogP contribution in [0.4, 0.5) is 0 Å². The molecule has 2 aromatic carbocycles. The molecule has 1 saturated heterocycles. The molecule has 1 fully saturated rings. The molecule has 0 spiro atoms. The number of fused-ring (bicyclic) bond motifs is 4. The number of rotatable bonds is 1. The fourth-order valence-corrected chi connectivity index (χ4v) is 5.18. The maximum absolute atomic E-state index is 13.3. The van der Waals surface area contributed by atoms with Crippen LogP contribution < -0.4 is 10.2 Å². The summed E-state index contributed by atoms with van der Waals surface area (Å²) < 4.78 is 7.69. The summed E-state index contributed by atoms with van der Waals surface area (Å²) in [7, 11) is 0. The van der Waals surface area contributed by atoms with Crippen LogP contribution in [-0.4, -0.2) is 43.9 Å². The highest BCUT2D eigenvalue weighted by molar-refractivity contribution is 5.95. The molecule has 32 heavy (non-hydrogen) atoms. The van der Waals surface area contributed by atoms with Crippen molar-refractivity contribution in [3.8, 4) is 11.5 Å². The number of benzene rings is 2. The minimum absolute atomic E-state index is 0.0548. The van der Waals surface area contributed by atoms with Gasteiger partial charge in [0, 0.05) is 18.7 Å². The van der Waals surface area contributed by atoms with Gasteiger partial charge in [-0.15, -0.1) is 0 Å². The first-order valence-corrected chi connectivity index (χ1v) is 10.8. The van der Waals surface area contributed by atoms with Gasteiger partial charge in [0.1, 0.15) is 18.5 Å². The van der Waals surface area contributed by atoms with Crippen molar-refractivity contribution in [3.63, 3.8) is 0 Å². The van der Waals surface area contributed by atoms with Gasteiger partial charge in [-0.25, -0.2) is 4.68 Å². The van der Waals surface area contributed by atoms with E-state index in [4.69, 9.17) is 4.74 Å². The van der Waals surface area contributed by atoms with Crippen molar-refractivity contribution in [2.45, 2.75) is 31.5 Å². The van der Waals surface area contributed by atoms with Gasteiger partial charge in [-0.1, -0.05) is 42.5 Å². The van der Waals surface area contributed by atoms with Crippen LogP contribution in [0.2, 0.25) is 0 Å². The number of amides is 1. The van der Waals surface area contributed by atoms with Crippen LogP contribution in [0.5, 0.6) is 11.5 Å².